The third-order valence-corrected chi connectivity index (χ3v) is 9.58. The van der Waals surface area contributed by atoms with Gasteiger partial charge in [0.25, 0.3) is 0 Å². The van der Waals surface area contributed by atoms with Crippen LogP contribution in [-0.2, 0) is 12.8 Å². The second-order valence-electron chi connectivity index (χ2n) is 9.56. The fourth-order valence-corrected chi connectivity index (χ4v) is 7.21. The minimum Gasteiger partial charge on any atom is -0.355 e. The van der Waals surface area contributed by atoms with Gasteiger partial charge in [0.15, 0.2) is 11.5 Å². The van der Waals surface area contributed by atoms with E-state index in [-0.39, 0.29) is 0 Å². The van der Waals surface area contributed by atoms with E-state index >= 15 is 0 Å². The molecule has 3 aromatic heterocycles. The number of anilines is 1. The number of benzene rings is 2. The number of piperidine rings is 1. The zero-order valence-corrected chi connectivity index (χ0v) is 20.8. The lowest BCUT2D eigenvalue weighted by Gasteiger charge is -2.39. The van der Waals surface area contributed by atoms with Crippen LogP contribution in [0.2, 0.25) is 10.0 Å². The minimum absolute atomic E-state index is 0.416. The lowest BCUT2D eigenvalue weighted by atomic mass is 9.76. The van der Waals surface area contributed by atoms with Crippen LogP contribution in [0.1, 0.15) is 24.0 Å². The molecule has 0 unspecified atom stereocenters. The number of nitrogens with zero attached hydrogens (tertiary/aromatic N) is 4. The molecule has 0 amide bonds. The van der Waals surface area contributed by atoms with Crippen molar-refractivity contribution in [2.45, 2.75) is 35.5 Å². The van der Waals surface area contributed by atoms with Crippen molar-refractivity contribution in [3.8, 4) is 0 Å². The van der Waals surface area contributed by atoms with Crippen LogP contribution in [-0.4, -0.2) is 27.5 Å². The molecule has 0 bridgehead atoms. The molecule has 1 aliphatic heterocycles. The Labute approximate surface area is 212 Å². The average molecular weight is 505 g/mol. The van der Waals surface area contributed by atoms with E-state index in [1.165, 1.54) is 25.7 Å². The third kappa shape index (κ3) is 3.21. The van der Waals surface area contributed by atoms with Crippen LogP contribution < -0.4 is 4.90 Å². The minimum atomic E-state index is 0.416. The monoisotopic (exact) mass is 504 g/mol. The van der Waals surface area contributed by atoms with Crippen LogP contribution in [0.25, 0.3) is 16.8 Å². The summed E-state index contributed by atoms with van der Waals surface area (Å²) in [5, 5.41) is 1.14. The maximum Gasteiger partial charge on any atom is 0.157 e. The fraction of sp³-hybridized carbons (Fsp3) is 0.259. The molecule has 0 radical (unpaired) electrons. The molecule has 7 rings (SSSR count). The number of hydrogen-bond acceptors (Lipinski definition) is 4. The first-order chi connectivity index (χ1) is 16.6. The Kier molecular flexibility index (Phi) is 4.77. The number of halogens is 2. The summed E-state index contributed by atoms with van der Waals surface area (Å²) in [6.45, 7) is 2.07. The maximum atomic E-state index is 6.44. The second kappa shape index (κ2) is 7.77. The molecule has 7 heteroatoms. The predicted molar refractivity (Wildman–Crippen MR) is 140 cm³/mol. The topological polar surface area (TPSA) is 33.4 Å². The van der Waals surface area contributed by atoms with Crippen molar-refractivity contribution in [2.75, 3.05) is 18.0 Å². The van der Waals surface area contributed by atoms with Gasteiger partial charge < -0.3 is 4.90 Å². The van der Waals surface area contributed by atoms with Crippen molar-refractivity contribution in [3.05, 3.63) is 82.0 Å². The highest BCUT2D eigenvalue weighted by molar-refractivity contribution is 7.99. The van der Waals surface area contributed by atoms with E-state index in [9.17, 15) is 0 Å². The Balaban J connectivity index is 1.17. The summed E-state index contributed by atoms with van der Waals surface area (Å²) in [4.78, 5) is 14.2. The van der Waals surface area contributed by atoms with Gasteiger partial charge in [0.1, 0.15) is 11.2 Å². The fourth-order valence-electron chi connectivity index (χ4n) is 5.78. The van der Waals surface area contributed by atoms with E-state index in [4.69, 9.17) is 33.2 Å². The first-order valence-corrected chi connectivity index (χ1v) is 13.2. The Hall–Kier alpha value is -2.47. The predicted octanol–water partition coefficient (Wildman–Crippen LogP) is 7.16. The van der Waals surface area contributed by atoms with Crippen molar-refractivity contribution >= 4 is 57.6 Å². The first-order valence-electron chi connectivity index (χ1n) is 11.6. The molecule has 0 saturated carbocycles. The average Bonchev–Trinajstić information content (AvgIpc) is 3.54. The molecule has 4 heterocycles. The highest BCUT2D eigenvalue weighted by Gasteiger charge is 2.40. The molecule has 1 saturated heterocycles. The van der Waals surface area contributed by atoms with Gasteiger partial charge in [-0.1, -0.05) is 65.3 Å². The van der Waals surface area contributed by atoms with E-state index in [0.29, 0.717) is 15.5 Å². The Bertz CT molecular complexity index is 1510. The van der Waals surface area contributed by atoms with Gasteiger partial charge in [-0.15, -0.1) is 0 Å². The molecule has 1 aliphatic carbocycles. The number of imidazole rings is 2. The Morgan fingerprint density at radius 1 is 0.853 bits per heavy atom. The molecule has 2 aliphatic rings. The maximum absolute atomic E-state index is 6.44. The molecule has 0 N–H and O–H groups in total. The van der Waals surface area contributed by atoms with Gasteiger partial charge in [-0.25, -0.2) is 9.97 Å². The third-order valence-electron chi connectivity index (χ3n) is 7.55. The van der Waals surface area contributed by atoms with E-state index in [1.54, 1.807) is 22.9 Å². The van der Waals surface area contributed by atoms with E-state index in [0.717, 1.165) is 45.5 Å². The second-order valence-corrected chi connectivity index (χ2v) is 11.4. The van der Waals surface area contributed by atoms with Crippen molar-refractivity contribution in [1.29, 1.82) is 0 Å². The number of fused-ring (bicyclic) bond motifs is 1. The molecule has 1 spiro atoms. The number of pyridine rings is 1. The standard InChI is InChI=1S/C27H22Cl2N4S/c28-19-6-3-7-21(24(19)29)34-22-8-9-23-31-25(20-16-30-26(22)33(20)23)32-12-10-27(11-13-32)14-17-4-1-2-5-18(17)15-27/h1-9,16H,10-15H2. The van der Waals surface area contributed by atoms with E-state index in [1.807, 2.05) is 24.4 Å². The van der Waals surface area contributed by atoms with Crippen LogP contribution >= 0.6 is 35.0 Å². The molecular weight excluding hydrogens is 483 g/mol. The SMILES string of the molecule is Clc1cccc(Sc2ccc3nc(N4CCC5(CC4)Cc4ccccc4C5)c4cnc2n34)c1Cl. The van der Waals surface area contributed by atoms with Gasteiger partial charge in [-0.2, -0.15) is 0 Å². The largest absolute Gasteiger partial charge is 0.355 e. The molecule has 0 atom stereocenters. The highest BCUT2D eigenvalue weighted by atomic mass is 35.5. The molecule has 34 heavy (non-hydrogen) atoms. The molecule has 1 fully saturated rings. The van der Waals surface area contributed by atoms with Gasteiger partial charge in [0.05, 0.1) is 21.1 Å². The van der Waals surface area contributed by atoms with Crippen LogP contribution in [0.15, 0.2) is 70.6 Å². The lowest BCUT2D eigenvalue weighted by Crippen LogP contribution is -2.40. The highest BCUT2D eigenvalue weighted by Crippen LogP contribution is 2.46. The van der Waals surface area contributed by atoms with Gasteiger partial charge in [0.2, 0.25) is 0 Å². The van der Waals surface area contributed by atoms with Crippen LogP contribution in [0.3, 0.4) is 0 Å². The summed E-state index contributed by atoms with van der Waals surface area (Å²) in [5.41, 5.74) is 6.43. The summed E-state index contributed by atoms with van der Waals surface area (Å²) < 4.78 is 2.17. The summed E-state index contributed by atoms with van der Waals surface area (Å²) in [7, 11) is 0. The number of rotatable bonds is 3. The summed E-state index contributed by atoms with van der Waals surface area (Å²) >= 11 is 14.3. The number of hydrogen-bond donors (Lipinski definition) is 0. The van der Waals surface area contributed by atoms with E-state index in [2.05, 4.69) is 45.7 Å². The summed E-state index contributed by atoms with van der Waals surface area (Å²) in [5.74, 6) is 1.05. The van der Waals surface area contributed by atoms with Crippen LogP contribution in [0, 0.1) is 5.41 Å². The van der Waals surface area contributed by atoms with Gasteiger partial charge >= 0.3 is 0 Å². The zero-order chi connectivity index (χ0) is 22.9. The quantitative estimate of drug-likeness (QED) is 0.261. The van der Waals surface area contributed by atoms with Crippen molar-refractivity contribution in [1.82, 2.24) is 14.4 Å². The molecule has 5 aromatic rings. The van der Waals surface area contributed by atoms with Crippen LogP contribution in [0.5, 0.6) is 0 Å². The van der Waals surface area contributed by atoms with Crippen molar-refractivity contribution in [3.63, 3.8) is 0 Å². The molecule has 2 aromatic carbocycles. The molecular formula is C27H22Cl2N4S. The summed E-state index contributed by atoms with van der Waals surface area (Å²) in [6.07, 6.45) is 6.80. The molecule has 4 nitrogen and oxygen atoms in total. The molecule has 170 valence electrons. The smallest absolute Gasteiger partial charge is 0.157 e. The summed E-state index contributed by atoms with van der Waals surface area (Å²) in [6, 6.07) is 18.8. The van der Waals surface area contributed by atoms with Crippen molar-refractivity contribution in [2.24, 2.45) is 5.41 Å². The Morgan fingerprint density at radius 2 is 1.62 bits per heavy atom. The first kappa shape index (κ1) is 20.9. The number of aromatic nitrogens is 3. The van der Waals surface area contributed by atoms with Gasteiger partial charge in [-0.3, -0.25) is 4.40 Å². The van der Waals surface area contributed by atoms with Crippen molar-refractivity contribution < 1.29 is 0 Å². The lowest BCUT2D eigenvalue weighted by molar-refractivity contribution is 0.232. The normalized spacial score (nSPS) is 17.3. The zero-order valence-electron chi connectivity index (χ0n) is 18.5. The van der Waals surface area contributed by atoms with Gasteiger partial charge in [0, 0.05) is 18.0 Å². The van der Waals surface area contributed by atoms with Crippen LogP contribution in [0.4, 0.5) is 5.82 Å². The van der Waals surface area contributed by atoms with E-state index < -0.39 is 0 Å². The van der Waals surface area contributed by atoms with Gasteiger partial charge in [-0.05, 0) is 66.5 Å². The Morgan fingerprint density at radius 3 is 2.38 bits per heavy atom.